The van der Waals surface area contributed by atoms with Gasteiger partial charge in [0.15, 0.2) is 0 Å². The molecule has 35 heavy (non-hydrogen) atoms. The molecule has 1 aliphatic rings. The van der Waals surface area contributed by atoms with Gasteiger partial charge in [0.1, 0.15) is 17.7 Å². The summed E-state index contributed by atoms with van der Waals surface area (Å²) >= 11 is 7.51. The van der Waals surface area contributed by atoms with Crippen molar-refractivity contribution in [3.8, 4) is 5.75 Å². The number of hydrogen-bond donors (Lipinski definition) is 1. The number of nitrogens with zero attached hydrogens (tertiary/aromatic N) is 2. The average molecular weight is 521 g/mol. The van der Waals surface area contributed by atoms with Crippen LogP contribution in [0.3, 0.4) is 0 Å². The Kier molecular flexibility index (Phi) is 9.22. The molecule has 3 atom stereocenters. The number of pyridine rings is 1. The Morgan fingerprint density at radius 3 is 2.86 bits per heavy atom. The van der Waals surface area contributed by atoms with Crippen molar-refractivity contribution < 1.29 is 18.6 Å². The van der Waals surface area contributed by atoms with Crippen LogP contribution < -0.4 is 4.74 Å². The molecule has 1 aliphatic heterocycles. The maximum absolute atomic E-state index is 15.4. The van der Waals surface area contributed by atoms with Crippen LogP contribution in [0.25, 0.3) is 10.9 Å². The molecular weight excluding hydrogens is 490 g/mol. The number of methoxy groups -OCH3 is 1. The van der Waals surface area contributed by atoms with Gasteiger partial charge in [-0.2, -0.15) is 0 Å². The summed E-state index contributed by atoms with van der Waals surface area (Å²) in [6, 6.07) is 11.8. The van der Waals surface area contributed by atoms with Crippen LogP contribution in [0.1, 0.15) is 31.0 Å². The molecule has 0 radical (unpaired) electrons. The van der Waals surface area contributed by atoms with Gasteiger partial charge in [0.2, 0.25) is 0 Å². The van der Waals surface area contributed by atoms with E-state index in [2.05, 4.69) is 9.88 Å². The summed E-state index contributed by atoms with van der Waals surface area (Å²) in [5.41, 5.74) is 1.40. The van der Waals surface area contributed by atoms with E-state index < -0.39 is 6.17 Å². The normalized spacial score (nSPS) is 19.7. The molecule has 2 heterocycles. The first-order valence-corrected chi connectivity index (χ1v) is 13.3. The topological polar surface area (TPSA) is 45.6 Å². The summed E-state index contributed by atoms with van der Waals surface area (Å²) in [7, 11) is 1.60. The van der Waals surface area contributed by atoms with Crippen molar-refractivity contribution in [1.29, 1.82) is 0 Å². The minimum Gasteiger partial charge on any atom is -0.497 e. The predicted octanol–water partition coefficient (Wildman–Crippen LogP) is 6.55. The molecule has 4 rings (SSSR count). The number of benzene rings is 2. The molecule has 1 fully saturated rings. The molecule has 4 nitrogen and oxygen atoms in total. The third-order valence-electron chi connectivity index (χ3n) is 6.83. The fourth-order valence-electron chi connectivity index (χ4n) is 4.91. The number of aromatic nitrogens is 1. The lowest BCUT2D eigenvalue weighted by molar-refractivity contribution is 0.0672. The zero-order chi connectivity index (χ0) is 24.8. The van der Waals surface area contributed by atoms with Crippen LogP contribution in [0.4, 0.5) is 8.78 Å². The molecule has 0 saturated carbocycles. The van der Waals surface area contributed by atoms with Gasteiger partial charge < -0.3 is 14.7 Å². The third-order valence-corrected chi connectivity index (χ3v) is 8.01. The maximum Gasteiger partial charge on any atom is 0.126 e. The third kappa shape index (κ3) is 6.85. The summed E-state index contributed by atoms with van der Waals surface area (Å²) in [5.74, 6) is 1.58. The lowest BCUT2D eigenvalue weighted by Crippen LogP contribution is -2.43. The van der Waals surface area contributed by atoms with Gasteiger partial charge in [-0.3, -0.25) is 4.98 Å². The van der Waals surface area contributed by atoms with Crippen molar-refractivity contribution >= 4 is 34.3 Å². The highest BCUT2D eigenvalue weighted by atomic mass is 35.5. The Hall–Kier alpha value is -1.93. The van der Waals surface area contributed by atoms with Crippen molar-refractivity contribution in [2.75, 3.05) is 39.1 Å². The van der Waals surface area contributed by atoms with Crippen LogP contribution in [0.5, 0.6) is 5.75 Å². The number of halogens is 3. The highest BCUT2D eigenvalue weighted by Crippen LogP contribution is 2.35. The van der Waals surface area contributed by atoms with Crippen LogP contribution in [0.15, 0.2) is 53.6 Å². The first-order valence-electron chi connectivity index (χ1n) is 12.0. The molecule has 0 amide bonds. The number of hydrogen-bond acceptors (Lipinski definition) is 5. The summed E-state index contributed by atoms with van der Waals surface area (Å²) in [6.45, 7) is 2.65. The van der Waals surface area contributed by atoms with Crippen molar-refractivity contribution in [1.82, 2.24) is 9.88 Å². The van der Waals surface area contributed by atoms with E-state index in [-0.39, 0.29) is 24.3 Å². The van der Waals surface area contributed by atoms with Gasteiger partial charge in [0, 0.05) is 47.0 Å². The molecule has 1 aromatic heterocycles. The first kappa shape index (κ1) is 26.1. The van der Waals surface area contributed by atoms with Crippen molar-refractivity contribution in [2.45, 2.75) is 30.3 Å². The minimum atomic E-state index is -1.10. The largest absolute Gasteiger partial charge is 0.497 e. The van der Waals surface area contributed by atoms with Crippen LogP contribution in [0.2, 0.25) is 5.02 Å². The number of thioether (sulfide) groups is 1. The number of alkyl halides is 1. The van der Waals surface area contributed by atoms with Gasteiger partial charge in [-0.05, 0) is 85.7 Å². The van der Waals surface area contributed by atoms with E-state index in [0.29, 0.717) is 22.8 Å². The summed E-state index contributed by atoms with van der Waals surface area (Å²) in [6.07, 6.45) is 2.62. The van der Waals surface area contributed by atoms with E-state index in [1.54, 1.807) is 37.2 Å². The molecule has 0 bridgehead atoms. The van der Waals surface area contributed by atoms with E-state index in [1.807, 2.05) is 18.2 Å². The second-order valence-corrected chi connectivity index (χ2v) is 10.7. The second-order valence-electron chi connectivity index (χ2n) is 9.07. The number of ether oxygens (including phenoxy) is 1. The molecule has 8 heteroatoms. The number of likely N-dealkylation sites (tertiary alicyclic amines) is 1. The van der Waals surface area contributed by atoms with E-state index in [1.165, 1.54) is 12.1 Å². The number of rotatable bonds is 10. The zero-order valence-electron chi connectivity index (χ0n) is 19.8. The van der Waals surface area contributed by atoms with Crippen molar-refractivity contribution in [3.63, 3.8) is 0 Å². The van der Waals surface area contributed by atoms with Gasteiger partial charge in [-0.1, -0.05) is 11.6 Å². The number of fused-ring (bicyclic) bond motifs is 1. The van der Waals surface area contributed by atoms with Crippen LogP contribution in [0, 0.1) is 17.7 Å². The number of piperidine rings is 1. The fourth-order valence-corrected chi connectivity index (χ4v) is 6.19. The van der Waals surface area contributed by atoms with Crippen LogP contribution in [-0.4, -0.2) is 54.1 Å². The molecule has 188 valence electrons. The SMILES string of the molecule is COc1ccc2nccc([C@@H](F)CC[C@@H]3CCN(CCSc4cc(F)cc(Cl)c4)C[C@@H]3CO)c2c1. The smallest absolute Gasteiger partial charge is 0.126 e. The summed E-state index contributed by atoms with van der Waals surface area (Å²) in [5, 5.41) is 11.2. The van der Waals surface area contributed by atoms with E-state index in [9.17, 15) is 9.50 Å². The lowest BCUT2D eigenvalue weighted by atomic mass is 9.81. The standard InChI is InChI=1S/C27H31ClF2N2O2S/c1-34-22-3-5-27-25(15-22)24(6-8-31-27)26(30)4-2-18-7-9-32(16-19(18)17-33)10-11-35-23-13-20(28)12-21(29)14-23/h3,5-6,8,12-15,18-19,26,33H,2,4,7,9-11,16-17H2,1H3/t18-,19-,26+/m1/s1. The highest BCUT2D eigenvalue weighted by Gasteiger charge is 2.29. The first-order chi connectivity index (χ1) is 17.0. The van der Waals surface area contributed by atoms with Crippen LogP contribution in [-0.2, 0) is 0 Å². The van der Waals surface area contributed by atoms with Crippen LogP contribution >= 0.6 is 23.4 Å². The predicted molar refractivity (Wildman–Crippen MR) is 139 cm³/mol. The van der Waals surface area contributed by atoms with Crippen molar-refractivity contribution in [2.24, 2.45) is 11.8 Å². The Labute approximate surface area is 214 Å². The summed E-state index contributed by atoms with van der Waals surface area (Å²) < 4.78 is 34.2. The number of aliphatic hydroxyl groups is 1. The lowest BCUT2D eigenvalue weighted by Gasteiger charge is -2.38. The maximum atomic E-state index is 15.4. The Balaban J connectivity index is 1.29. The second kappa shape index (κ2) is 12.3. The molecular formula is C27H31ClF2N2O2S. The molecule has 0 spiro atoms. The quantitative estimate of drug-likeness (QED) is 0.307. The Morgan fingerprint density at radius 1 is 1.23 bits per heavy atom. The number of aliphatic hydroxyl groups excluding tert-OH is 1. The molecule has 1 saturated heterocycles. The van der Waals surface area contributed by atoms with Gasteiger partial charge in [-0.15, -0.1) is 11.8 Å². The van der Waals surface area contributed by atoms with Gasteiger partial charge >= 0.3 is 0 Å². The highest BCUT2D eigenvalue weighted by molar-refractivity contribution is 7.99. The van der Waals surface area contributed by atoms with E-state index in [0.717, 1.165) is 54.0 Å². The van der Waals surface area contributed by atoms with Gasteiger partial charge in [0.05, 0.1) is 12.6 Å². The Bertz CT molecular complexity index is 1120. The molecule has 2 aromatic carbocycles. The zero-order valence-corrected chi connectivity index (χ0v) is 21.4. The van der Waals surface area contributed by atoms with E-state index >= 15 is 4.39 Å². The summed E-state index contributed by atoms with van der Waals surface area (Å²) in [4.78, 5) is 7.50. The van der Waals surface area contributed by atoms with E-state index in [4.69, 9.17) is 16.3 Å². The van der Waals surface area contributed by atoms with Gasteiger partial charge in [0.25, 0.3) is 0 Å². The minimum absolute atomic E-state index is 0.0974. The molecule has 3 aromatic rings. The Morgan fingerprint density at radius 2 is 2.09 bits per heavy atom. The molecule has 1 N–H and O–H groups in total. The fraction of sp³-hybridized carbons (Fsp3) is 0.444. The van der Waals surface area contributed by atoms with Crippen molar-refractivity contribution in [3.05, 3.63) is 65.1 Å². The monoisotopic (exact) mass is 520 g/mol. The van der Waals surface area contributed by atoms with Gasteiger partial charge in [-0.25, -0.2) is 8.78 Å². The molecule has 0 aliphatic carbocycles. The molecule has 0 unspecified atom stereocenters. The average Bonchev–Trinajstić information content (AvgIpc) is 2.86.